The molecule has 1 aliphatic carbocycles. The fourth-order valence-electron chi connectivity index (χ4n) is 11.4. The maximum atomic E-state index is 15.4. The van der Waals surface area contributed by atoms with Crippen LogP contribution in [-0.4, -0.2) is 13.2 Å². The molecule has 73 heavy (non-hydrogen) atoms. The van der Waals surface area contributed by atoms with Crippen molar-refractivity contribution in [2.45, 2.75) is 200 Å². The summed E-state index contributed by atoms with van der Waals surface area (Å²) in [5, 5.41) is 0. The van der Waals surface area contributed by atoms with Gasteiger partial charge in [-0.3, -0.25) is 0 Å². The van der Waals surface area contributed by atoms with Crippen LogP contribution in [0.2, 0.25) is 0 Å². The van der Waals surface area contributed by atoms with Crippen LogP contribution in [0.1, 0.15) is 206 Å². The third-order valence-electron chi connectivity index (χ3n) is 15.8. The van der Waals surface area contributed by atoms with Crippen LogP contribution in [-0.2, 0) is 5.41 Å². The molecule has 1 aliphatic rings. The zero-order valence-electron chi connectivity index (χ0n) is 45.4. The third-order valence-corrected chi connectivity index (χ3v) is 15.8. The van der Waals surface area contributed by atoms with E-state index in [-0.39, 0.29) is 17.0 Å². The van der Waals surface area contributed by atoms with Crippen molar-refractivity contribution in [3.05, 3.63) is 144 Å². The molecule has 7 rings (SSSR count). The number of hydrogen-bond acceptors (Lipinski definition) is 2. The van der Waals surface area contributed by atoms with E-state index in [9.17, 15) is 0 Å². The van der Waals surface area contributed by atoms with Crippen molar-refractivity contribution in [1.29, 1.82) is 0 Å². The van der Waals surface area contributed by atoms with Gasteiger partial charge in [0, 0.05) is 5.41 Å². The second-order valence-corrected chi connectivity index (χ2v) is 21.3. The third kappa shape index (κ3) is 15.4. The summed E-state index contributed by atoms with van der Waals surface area (Å²) in [5.74, 6) is 0.0614. The Hall–Kier alpha value is -5.22. The molecular weight excluding hydrogens is 899 g/mol. The van der Waals surface area contributed by atoms with Crippen molar-refractivity contribution in [3.63, 3.8) is 0 Å². The summed E-state index contributed by atoms with van der Waals surface area (Å²) in [6.07, 6.45) is 31.6. The van der Waals surface area contributed by atoms with Gasteiger partial charge in [0.1, 0.15) is 0 Å². The fourth-order valence-corrected chi connectivity index (χ4v) is 11.4. The Morgan fingerprint density at radius 1 is 0.301 bits per heavy atom. The molecule has 0 spiro atoms. The van der Waals surface area contributed by atoms with E-state index in [0.29, 0.717) is 24.7 Å². The summed E-state index contributed by atoms with van der Waals surface area (Å²) in [7, 11) is 0. The molecule has 6 aromatic rings. The minimum absolute atomic E-state index is 0.0983. The van der Waals surface area contributed by atoms with Crippen molar-refractivity contribution in [3.8, 4) is 67.1 Å². The number of hydrogen-bond donors (Lipinski definition) is 0. The number of ether oxygens (including phenoxy) is 2. The van der Waals surface area contributed by atoms with Crippen LogP contribution in [0.3, 0.4) is 0 Å². The lowest BCUT2D eigenvalue weighted by atomic mass is 9.70. The SMILES string of the molecule is CCCCCCCCOc1ccc(-c2ccc(-c3ccc4c(c3)C(CCCCCCCC)(CCCCCCCC)c3cc(-c5ccc(-c6ccc(OCCCCCCCC)c(F)c6)cc5)ccc3-4)cc2)cc1F. The molecule has 0 N–H and O–H groups in total. The van der Waals surface area contributed by atoms with E-state index in [2.05, 4.69) is 113 Å². The topological polar surface area (TPSA) is 18.5 Å². The predicted octanol–water partition coefficient (Wildman–Crippen LogP) is 21.9. The van der Waals surface area contributed by atoms with Crippen LogP contribution in [0.4, 0.5) is 8.78 Å². The molecule has 0 radical (unpaired) electrons. The average molecular weight is 987 g/mol. The highest BCUT2D eigenvalue weighted by Gasteiger charge is 2.42. The van der Waals surface area contributed by atoms with Gasteiger partial charge in [0.2, 0.25) is 0 Å². The van der Waals surface area contributed by atoms with Crippen molar-refractivity contribution < 1.29 is 18.3 Å². The monoisotopic (exact) mass is 987 g/mol. The maximum Gasteiger partial charge on any atom is 0.165 e. The molecule has 0 unspecified atom stereocenters. The molecule has 0 aliphatic heterocycles. The largest absolute Gasteiger partial charge is 0.491 e. The molecule has 0 bridgehead atoms. The van der Waals surface area contributed by atoms with Crippen LogP contribution < -0.4 is 9.47 Å². The summed E-state index contributed by atoms with van der Waals surface area (Å²) in [5.41, 5.74) is 14.1. The summed E-state index contributed by atoms with van der Waals surface area (Å²) >= 11 is 0. The lowest BCUT2D eigenvalue weighted by Gasteiger charge is -2.33. The highest BCUT2D eigenvalue weighted by atomic mass is 19.1. The van der Waals surface area contributed by atoms with Gasteiger partial charge in [-0.25, -0.2) is 8.78 Å². The van der Waals surface area contributed by atoms with Crippen molar-refractivity contribution >= 4 is 0 Å². The molecule has 4 heteroatoms. The van der Waals surface area contributed by atoms with E-state index in [1.165, 1.54) is 173 Å². The summed E-state index contributed by atoms with van der Waals surface area (Å²) in [6, 6.07) is 42.6. The number of unbranched alkanes of at least 4 members (excludes halogenated alkanes) is 20. The van der Waals surface area contributed by atoms with Gasteiger partial charge in [-0.2, -0.15) is 0 Å². The number of fused-ring (bicyclic) bond motifs is 3. The van der Waals surface area contributed by atoms with E-state index in [1.54, 1.807) is 24.3 Å². The zero-order chi connectivity index (χ0) is 51.1. The van der Waals surface area contributed by atoms with Gasteiger partial charge in [-0.15, -0.1) is 0 Å². The summed E-state index contributed by atoms with van der Waals surface area (Å²) in [6.45, 7) is 10.2. The Morgan fingerprint density at radius 2 is 0.575 bits per heavy atom. The van der Waals surface area contributed by atoms with Gasteiger partial charge in [0.25, 0.3) is 0 Å². The van der Waals surface area contributed by atoms with Crippen LogP contribution in [0, 0.1) is 11.6 Å². The zero-order valence-corrected chi connectivity index (χ0v) is 45.4. The number of halogens is 2. The highest BCUT2D eigenvalue weighted by Crippen LogP contribution is 2.56. The van der Waals surface area contributed by atoms with Crippen molar-refractivity contribution in [1.82, 2.24) is 0 Å². The second-order valence-electron chi connectivity index (χ2n) is 21.3. The first-order valence-electron chi connectivity index (χ1n) is 29.2. The van der Waals surface area contributed by atoms with E-state index >= 15 is 8.78 Å². The Morgan fingerprint density at radius 3 is 0.904 bits per heavy atom. The number of benzene rings is 6. The molecule has 0 atom stereocenters. The summed E-state index contributed by atoms with van der Waals surface area (Å²) in [4.78, 5) is 0. The summed E-state index contributed by atoms with van der Waals surface area (Å²) < 4.78 is 42.4. The van der Waals surface area contributed by atoms with Crippen molar-refractivity contribution in [2.75, 3.05) is 13.2 Å². The molecular formula is C69H88F2O2. The highest BCUT2D eigenvalue weighted by molar-refractivity contribution is 5.86. The quantitative estimate of drug-likeness (QED) is 0.0375. The maximum absolute atomic E-state index is 15.4. The van der Waals surface area contributed by atoms with Gasteiger partial charge in [0.15, 0.2) is 23.1 Å². The minimum Gasteiger partial charge on any atom is -0.491 e. The smallest absolute Gasteiger partial charge is 0.165 e. The van der Waals surface area contributed by atoms with Crippen LogP contribution >= 0.6 is 0 Å². The minimum atomic E-state index is -0.305. The first kappa shape index (κ1) is 55.5. The van der Waals surface area contributed by atoms with Crippen LogP contribution in [0.15, 0.2) is 121 Å². The lowest BCUT2D eigenvalue weighted by Crippen LogP contribution is -2.25. The molecule has 0 fully saturated rings. The fraction of sp³-hybridized carbons (Fsp3) is 0.478. The molecule has 0 saturated carbocycles. The van der Waals surface area contributed by atoms with E-state index in [1.807, 2.05) is 12.1 Å². The second kappa shape index (κ2) is 29.6. The van der Waals surface area contributed by atoms with E-state index in [0.717, 1.165) is 60.8 Å². The van der Waals surface area contributed by atoms with Gasteiger partial charge in [0.05, 0.1) is 13.2 Å². The van der Waals surface area contributed by atoms with E-state index in [4.69, 9.17) is 9.47 Å². The molecule has 6 aromatic carbocycles. The molecule has 0 amide bonds. The van der Waals surface area contributed by atoms with Gasteiger partial charge in [-0.1, -0.05) is 254 Å². The lowest BCUT2D eigenvalue weighted by molar-refractivity contribution is 0.290. The van der Waals surface area contributed by atoms with Gasteiger partial charge >= 0.3 is 0 Å². The molecule has 0 aromatic heterocycles. The molecule has 2 nitrogen and oxygen atoms in total. The normalized spacial score (nSPS) is 12.5. The number of rotatable bonds is 34. The van der Waals surface area contributed by atoms with Gasteiger partial charge in [-0.05, 0) is 129 Å². The van der Waals surface area contributed by atoms with Crippen molar-refractivity contribution in [2.24, 2.45) is 0 Å². The Kier molecular flexibility index (Phi) is 22.5. The molecule has 0 saturated heterocycles. The standard InChI is InChI=1S/C69H88F2O2/c1-5-9-13-17-21-25-45-69(46-26-22-18-14-10-6-2)63-49-57(53-29-33-55(34-30-53)59-39-43-67(65(70)51-59)72-47-27-23-19-15-11-7-3)37-41-61(63)62-42-38-58(50-64(62)69)54-31-35-56(36-32-54)60-40-44-68(66(71)52-60)73-48-28-24-20-16-12-8-4/h29-44,49-52H,5-28,45-48H2,1-4H3. The first-order chi connectivity index (χ1) is 35.9. The Balaban J connectivity index is 1.13. The van der Waals surface area contributed by atoms with Crippen LogP contribution in [0.25, 0.3) is 55.6 Å². The van der Waals surface area contributed by atoms with Crippen LogP contribution in [0.5, 0.6) is 11.5 Å². The Labute approximate surface area is 440 Å². The van der Waals surface area contributed by atoms with E-state index < -0.39 is 0 Å². The molecule has 390 valence electrons. The predicted molar refractivity (Wildman–Crippen MR) is 308 cm³/mol. The molecule has 0 heterocycles. The van der Waals surface area contributed by atoms with Gasteiger partial charge < -0.3 is 9.47 Å². The average Bonchev–Trinajstić information content (AvgIpc) is 3.68. The Bertz CT molecular complexity index is 2380. The first-order valence-corrected chi connectivity index (χ1v) is 29.2.